The number of ether oxygens (including phenoxy) is 4. The van der Waals surface area contributed by atoms with E-state index in [1.54, 1.807) is 6.07 Å². The number of carbonyl (C=O) groups is 2. The number of halogens is 2. The van der Waals surface area contributed by atoms with E-state index in [-0.39, 0.29) is 12.5 Å². The smallest absolute Gasteiger partial charge is 0.411 e. The highest BCUT2D eigenvalue weighted by Gasteiger charge is 2.38. The minimum atomic E-state index is -0.758. The van der Waals surface area contributed by atoms with Crippen LogP contribution in [0.15, 0.2) is 54.6 Å². The maximum absolute atomic E-state index is 13.1. The zero-order chi connectivity index (χ0) is 30.0. The molecule has 0 aromatic heterocycles. The van der Waals surface area contributed by atoms with Gasteiger partial charge in [-0.15, -0.1) is 0 Å². The summed E-state index contributed by atoms with van der Waals surface area (Å²) in [7, 11) is 1.33. The molecule has 0 bridgehead atoms. The Balaban J connectivity index is 1.31. The summed E-state index contributed by atoms with van der Waals surface area (Å²) in [6.45, 7) is 6.65. The van der Waals surface area contributed by atoms with Gasteiger partial charge in [-0.25, -0.2) is 9.59 Å². The molecule has 3 aromatic rings. The highest BCUT2D eigenvalue weighted by Crippen LogP contribution is 2.37. The Bertz CT molecular complexity index is 1470. The van der Waals surface area contributed by atoms with Crippen LogP contribution in [-0.4, -0.2) is 42.3 Å². The van der Waals surface area contributed by atoms with Crippen LogP contribution in [0.5, 0.6) is 11.5 Å². The van der Waals surface area contributed by atoms with Crippen molar-refractivity contribution >= 4 is 35.3 Å². The Morgan fingerprint density at radius 1 is 0.952 bits per heavy atom. The maximum atomic E-state index is 13.1. The standard InChI is InChI=1S/C33H35Cl2NO6/c1-33(2,3)42-32(38)36-18-25-15-24-14-22(11-12-40-30(24)17-23(25)16-29(36)31(37)39-4)21-6-8-26(9-7-21)41-19-20-5-10-27(34)28(35)13-20/h5-10,13,15,17,22,29H,11-12,14,16,18-19H2,1-4H3/t22-,29+/m1/s1. The van der Waals surface area contributed by atoms with Crippen LogP contribution in [0.2, 0.25) is 10.0 Å². The van der Waals surface area contributed by atoms with Gasteiger partial charge in [0.1, 0.15) is 29.7 Å². The lowest BCUT2D eigenvalue weighted by Gasteiger charge is -2.36. The summed E-state index contributed by atoms with van der Waals surface area (Å²) < 4.78 is 22.8. The Labute approximate surface area is 256 Å². The number of nitrogens with zero attached hydrogens (tertiary/aromatic N) is 1. The van der Waals surface area contributed by atoms with Crippen molar-refractivity contribution in [1.82, 2.24) is 4.90 Å². The molecule has 222 valence electrons. The SMILES string of the molecule is COC(=O)[C@@H]1Cc2cc3c(cc2CN1C(=O)OC(C)(C)C)C[C@H](c1ccc(OCc2ccc(Cl)c(Cl)c2)cc1)CCO3. The zero-order valence-corrected chi connectivity index (χ0v) is 25.8. The van der Waals surface area contributed by atoms with Gasteiger partial charge in [0.2, 0.25) is 0 Å². The van der Waals surface area contributed by atoms with E-state index in [1.807, 2.05) is 51.1 Å². The van der Waals surface area contributed by atoms with Crippen molar-refractivity contribution in [2.75, 3.05) is 13.7 Å². The first-order valence-corrected chi connectivity index (χ1v) is 14.8. The van der Waals surface area contributed by atoms with Crippen LogP contribution in [0.25, 0.3) is 0 Å². The van der Waals surface area contributed by atoms with Crippen molar-refractivity contribution in [3.05, 3.63) is 92.5 Å². The first-order valence-electron chi connectivity index (χ1n) is 14.0. The first kappa shape index (κ1) is 30.1. The monoisotopic (exact) mass is 611 g/mol. The number of esters is 1. The number of hydrogen-bond acceptors (Lipinski definition) is 6. The Morgan fingerprint density at radius 2 is 1.71 bits per heavy atom. The zero-order valence-electron chi connectivity index (χ0n) is 24.2. The second-order valence-electron chi connectivity index (χ2n) is 11.7. The molecule has 0 aliphatic carbocycles. The van der Waals surface area contributed by atoms with E-state index in [0.29, 0.717) is 29.7 Å². The lowest BCUT2D eigenvalue weighted by atomic mass is 9.87. The van der Waals surface area contributed by atoms with Gasteiger partial charge >= 0.3 is 12.1 Å². The largest absolute Gasteiger partial charge is 0.493 e. The second-order valence-corrected chi connectivity index (χ2v) is 12.5. The molecule has 0 fully saturated rings. The van der Waals surface area contributed by atoms with E-state index in [1.165, 1.54) is 17.6 Å². The molecule has 0 N–H and O–H groups in total. The van der Waals surface area contributed by atoms with Gasteiger partial charge in [0.05, 0.1) is 30.3 Å². The summed E-state index contributed by atoms with van der Waals surface area (Å²) in [6.07, 6.45) is 1.45. The van der Waals surface area contributed by atoms with Gasteiger partial charge in [-0.3, -0.25) is 4.90 Å². The average molecular weight is 613 g/mol. The van der Waals surface area contributed by atoms with Crippen molar-refractivity contribution in [3.8, 4) is 11.5 Å². The van der Waals surface area contributed by atoms with Crippen molar-refractivity contribution in [1.29, 1.82) is 0 Å². The third kappa shape index (κ3) is 6.96. The molecule has 0 spiro atoms. The van der Waals surface area contributed by atoms with E-state index in [0.717, 1.165) is 46.6 Å². The fourth-order valence-electron chi connectivity index (χ4n) is 5.42. The molecule has 0 saturated heterocycles. The van der Waals surface area contributed by atoms with Crippen molar-refractivity contribution in [2.45, 2.75) is 70.7 Å². The van der Waals surface area contributed by atoms with Crippen LogP contribution in [0, 0.1) is 0 Å². The molecule has 2 atom stereocenters. The molecule has 0 saturated carbocycles. The number of carbonyl (C=O) groups excluding carboxylic acids is 2. The molecule has 42 heavy (non-hydrogen) atoms. The third-order valence-electron chi connectivity index (χ3n) is 7.55. The summed E-state index contributed by atoms with van der Waals surface area (Å²) in [6, 6.07) is 17.0. The predicted octanol–water partition coefficient (Wildman–Crippen LogP) is 7.52. The number of fused-ring (bicyclic) bond motifs is 2. The first-order chi connectivity index (χ1) is 20.0. The topological polar surface area (TPSA) is 74.3 Å². The number of hydrogen-bond donors (Lipinski definition) is 0. The van der Waals surface area contributed by atoms with Crippen molar-refractivity contribution < 1.29 is 28.5 Å². The van der Waals surface area contributed by atoms with Crippen LogP contribution in [0.1, 0.15) is 60.9 Å². The summed E-state index contributed by atoms with van der Waals surface area (Å²) in [5.41, 5.74) is 4.50. The van der Waals surface area contributed by atoms with Gasteiger partial charge in [-0.1, -0.05) is 47.5 Å². The van der Waals surface area contributed by atoms with Gasteiger partial charge in [-0.2, -0.15) is 0 Å². The molecule has 3 aromatic carbocycles. The lowest BCUT2D eigenvalue weighted by Crippen LogP contribution is -2.50. The minimum absolute atomic E-state index is 0.252. The molecule has 7 nitrogen and oxygen atoms in total. The molecule has 2 heterocycles. The number of rotatable bonds is 5. The van der Waals surface area contributed by atoms with Crippen LogP contribution in [0.4, 0.5) is 4.79 Å². The number of amides is 1. The molecule has 2 aliphatic heterocycles. The highest BCUT2D eigenvalue weighted by atomic mass is 35.5. The lowest BCUT2D eigenvalue weighted by molar-refractivity contribution is -0.147. The number of benzene rings is 3. The highest BCUT2D eigenvalue weighted by molar-refractivity contribution is 6.42. The van der Waals surface area contributed by atoms with E-state index in [9.17, 15) is 9.59 Å². The molecule has 0 unspecified atom stereocenters. The van der Waals surface area contributed by atoms with E-state index < -0.39 is 23.7 Å². The Kier molecular flexibility index (Phi) is 8.90. The normalized spacial score (nSPS) is 18.2. The van der Waals surface area contributed by atoms with Crippen LogP contribution in [-0.2, 0) is 40.3 Å². The summed E-state index contributed by atoms with van der Waals surface area (Å²) in [5.74, 6) is 1.38. The average Bonchev–Trinajstić information content (AvgIpc) is 3.16. The second kappa shape index (κ2) is 12.4. The van der Waals surface area contributed by atoms with Crippen molar-refractivity contribution in [2.24, 2.45) is 0 Å². The van der Waals surface area contributed by atoms with E-state index in [2.05, 4.69) is 18.2 Å². The number of methoxy groups -OCH3 is 1. The quantitative estimate of drug-likeness (QED) is 0.278. The van der Waals surface area contributed by atoms with Crippen LogP contribution < -0.4 is 9.47 Å². The molecule has 5 rings (SSSR count). The molecule has 9 heteroatoms. The van der Waals surface area contributed by atoms with Gasteiger partial charge in [0.25, 0.3) is 0 Å². The maximum Gasteiger partial charge on any atom is 0.411 e. The Hall–Kier alpha value is -3.42. The van der Waals surface area contributed by atoms with Gasteiger partial charge in [0.15, 0.2) is 0 Å². The van der Waals surface area contributed by atoms with Gasteiger partial charge in [0, 0.05) is 6.42 Å². The van der Waals surface area contributed by atoms with Gasteiger partial charge in [-0.05, 0) is 97.7 Å². The molecular weight excluding hydrogens is 577 g/mol. The summed E-state index contributed by atoms with van der Waals surface area (Å²) in [4.78, 5) is 27.2. The van der Waals surface area contributed by atoms with Crippen LogP contribution >= 0.6 is 23.2 Å². The van der Waals surface area contributed by atoms with E-state index >= 15 is 0 Å². The van der Waals surface area contributed by atoms with Gasteiger partial charge < -0.3 is 18.9 Å². The third-order valence-corrected chi connectivity index (χ3v) is 8.28. The molecular formula is C33H35Cl2NO6. The van der Waals surface area contributed by atoms with Crippen molar-refractivity contribution in [3.63, 3.8) is 0 Å². The van der Waals surface area contributed by atoms with E-state index in [4.69, 9.17) is 42.1 Å². The molecule has 0 radical (unpaired) electrons. The fraction of sp³-hybridized carbons (Fsp3) is 0.394. The summed E-state index contributed by atoms with van der Waals surface area (Å²) in [5, 5.41) is 1.02. The molecule has 1 amide bonds. The predicted molar refractivity (Wildman–Crippen MR) is 162 cm³/mol. The Morgan fingerprint density at radius 3 is 2.40 bits per heavy atom. The fourth-order valence-corrected chi connectivity index (χ4v) is 5.74. The van der Waals surface area contributed by atoms with Crippen LogP contribution in [0.3, 0.4) is 0 Å². The minimum Gasteiger partial charge on any atom is -0.493 e. The summed E-state index contributed by atoms with van der Waals surface area (Å²) >= 11 is 12.1. The molecule has 2 aliphatic rings.